The zero-order chi connectivity index (χ0) is 13.9. The van der Waals surface area contributed by atoms with Crippen LogP contribution in [0, 0.1) is 11.3 Å². The van der Waals surface area contributed by atoms with Gasteiger partial charge in [0.25, 0.3) is 0 Å². The van der Waals surface area contributed by atoms with Gasteiger partial charge in [0.1, 0.15) is 24.5 Å². The van der Waals surface area contributed by atoms with E-state index in [-0.39, 0.29) is 11.7 Å². The van der Waals surface area contributed by atoms with Gasteiger partial charge in [-0.05, 0) is 32.0 Å². The van der Waals surface area contributed by atoms with Crippen LogP contribution < -0.4 is 10.1 Å². The SMILES string of the molecule is CC1(C)CNCC(COc2cc(Br)ccc2C#N)O1. The van der Waals surface area contributed by atoms with Crippen LogP contribution in [-0.2, 0) is 4.74 Å². The van der Waals surface area contributed by atoms with Gasteiger partial charge >= 0.3 is 0 Å². The van der Waals surface area contributed by atoms with E-state index < -0.39 is 0 Å². The minimum atomic E-state index is -0.179. The maximum atomic E-state index is 9.04. The van der Waals surface area contributed by atoms with Crippen LogP contribution in [0.3, 0.4) is 0 Å². The first-order valence-corrected chi connectivity index (χ1v) is 7.00. The number of nitrogens with one attached hydrogen (secondary N) is 1. The Hall–Kier alpha value is -1.09. The Balaban J connectivity index is 1.99. The molecule has 1 N–H and O–H groups in total. The summed E-state index contributed by atoms with van der Waals surface area (Å²) < 4.78 is 12.5. The summed E-state index contributed by atoms with van der Waals surface area (Å²) in [7, 11) is 0. The normalized spacial score (nSPS) is 21.7. The molecule has 0 bridgehead atoms. The predicted molar refractivity (Wildman–Crippen MR) is 76.2 cm³/mol. The highest BCUT2D eigenvalue weighted by Crippen LogP contribution is 2.24. The number of nitriles is 1. The highest BCUT2D eigenvalue weighted by Gasteiger charge is 2.28. The summed E-state index contributed by atoms with van der Waals surface area (Å²) >= 11 is 3.38. The van der Waals surface area contributed by atoms with Gasteiger partial charge in [-0.1, -0.05) is 15.9 Å². The minimum absolute atomic E-state index is 0.00530. The Kier molecular flexibility index (Phi) is 4.46. The Bertz CT molecular complexity index is 497. The van der Waals surface area contributed by atoms with Crippen molar-refractivity contribution in [1.29, 1.82) is 5.26 Å². The summed E-state index contributed by atoms with van der Waals surface area (Å²) in [6, 6.07) is 7.50. The molecule has 0 aliphatic carbocycles. The van der Waals surface area contributed by atoms with Crippen molar-refractivity contribution in [2.75, 3.05) is 19.7 Å². The number of hydrogen-bond acceptors (Lipinski definition) is 4. The second kappa shape index (κ2) is 5.91. The molecule has 1 aromatic carbocycles. The van der Waals surface area contributed by atoms with Crippen LogP contribution >= 0.6 is 15.9 Å². The summed E-state index contributed by atoms with van der Waals surface area (Å²) in [6.07, 6.45) is -0.00530. The number of halogens is 1. The van der Waals surface area contributed by atoms with Crippen LogP contribution in [0.2, 0.25) is 0 Å². The number of ether oxygens (including phenoxy) is 2. The van der Waals surface area contributed by atoms with Crippen molar-refractivity contribution in [2.24, 2.45) is 0 Å². The molecule has 2 rings (SSSR count). The Morgan fingerprint density at radius 2 is 2.37 bits per heavy atom. The van der Waals surface area contributed by atoms with Crippen molar-refractivity contribution >= 4 is 15.9 Å². The number of benzene rings is 1. The monoisotopic (exact) mass is 324 g/mol. The van der Waals surface area contributed by atoms with Gasteiger partial charge < -0.3 is 14.8 Å². The molecule has 4 nitrogen and oxygen atoms in total. The van der Waals surface area contributed by atoms with Gasteiger partial charge in [-0.25, -0.2) is 0 Å². The van der Waals surface area contributed by atoms with Crippen molar-refractivity contribution in [3.8, 4) is 11.8 Å². The highest BCUT2D eigenvalue weighted by atomic mass is 79.9. The third-order valence-electron chi connectivity index (χ3n) is 2.90. The number of nitrogens with zero attached hydrogens (tertiary/aromatic N) is 1. The van der Waals surface area contributed by atoms with Gasteiger partial charge in [0.15, 0.2) is 0 Å². The fourth-order valence-corrected chi connectivity index (χ4v) is 2.39. The average Bonchev–Trinajstić information content (AvgIpc) is 2.35. The summed E-state index contributed by atoms with van der Waals surface area (Å²) in [4.78, 5) is 0. The van der Waals surface area contributed by atoms with Gasteiger partial charge in [0.05, 0.1) is 11.2 Å². The molecule has 1 aliphatic rings. The smallest absolute Gasteiger partial charge is 0.138 e. The van der Waals surface area contributed by atoms with Crippen LogP contribution in [-0.4, -0.2) is 31.4 Å². The summed E-state index contributed by atoms with van der Waals surface area (Å²) in [5.74, 6) is 0.587. The Morgan fingerprint density at radius 1 is 1.58 bits per heavy atom. The maximum absolute atomic E-state index is 9.04. The van der Waals surface area contributed by atoms with Gasteiger partial charge in [-0.15, -0.1) is 0 Å². The van der Waals surface area contributed by atoms with Crippen molar-refractivity contribution in [1.82, 2.24) is 5.32 Å². The van der Waals surface area contributed by atoms with Crippen LogP contribution in [0.4, 0.5) is 0 Å². The van der Waals surface area contributed by atoms with Crippen molar-refractivity contribution in [3.05, 3.63) is 28.2 Å². The summed E-state index contributed by atoms with van der Waals surface area (Å²) in [5, 5.41) is 12.4. The molecule has 0 radical (unpaired) electrons. The lowest BCUT2D eigenvalue weighted by atomic mass is 10.1. The standard InChI is InChI=1S/C14H17BrN2O2/c1-14(2)9-17-7-12(19-14)8-18-13-5-11(15)4-3-10(13)6-16/h3-5,12,17H,7-9H2,1-2H3. The van der Waals surface area contributed by atoms with Crippen LogP contribution in [0.1, 0.15) is 19.4 Å². The minimum Gasteiger partial charge on any atom is -0.489 e. The second-order valence-corrected chi connectivity index (χ2v) is 6.11. The van der Waals surface area contributed by atoms with Crippen LogP contribution in [0.5, 0.6) is 5.75 Å². The van der Waals surface area contributed by atoms with E-state index in [4.69, 9.17) is 14.7 Å². The van der Waals surface area contributed by atoms with E-state index in [1.54, 1.807) is 12.1 Å². The fraction of sp³-hybridized carbons (Fsp3) is 0.500. The van der Waals surface area contributed by atoms with Gasteiger partial charge in [0.2, 0.25) is 0 Å². The molecule has 0 aromatic heterocycles. The van der Waals surface area contributed by atoms with E-state index in [0.29, 0.717) is 17.9 Å². The number of morpholine rings is 1. The van der Waals surface area contributed by atoms with Gasteiger partial charge in [-0.2, -0.15) is 5.26 Å². The first kappa shape index (κ1) is 14.3. The largest absolute Gasteiger partial charge is 0.489 e. The van der Waals surface area contributed by atoms with E-state index in [1.807, 2.05) is 19.9 Å². The summed E-state index contributed by atoms with van der Waals surface area (Å²) in [6.45, 7) is 6.13. The fourth-order valence-electron chi connectivity index (χ4n) is 2.05. The third kappa shape index (κ3) is 3.93. The molecule has 1 aliphatic heterocycles. The zero-order valence-corrected chi connectivity index (χ0v) is 12.7. The topological polar surface area (TPSA) is 54.3 Å². The predicted octanol–water partition coefficient (Wildman–Crippen LogP) is 2.47. The molecule has 1 aromatic rings. The molecule has 1 unspecified atom stereocenters. The highest BCUT2D eigenvalue weighted by molar-refractivity contribution is 9.10. The van der Waals surface area contributed by atoms with E-state index >= 15 is 0 Å². The summed E-state index contributed by atoms with van der Waals surface area (Å²) in [5.41, 5.74) is 0.355. The van der Waals surface area contributed by atoms with Crippen molar-refractivity contribution < 1.29 is 9.47 Å². The van der Waals surface area contributed by atoms with Crippen molar-refractivity contribution in [3.63, 3.8) is 0 Å². The molecular weight excluding hydrogens is 308 g/mol. The Labute approximate surface area is 121 Å². The maximum Gasteiger partial charge on any atom is 0.138 e. The number of hydrogen-bond donors (Lipinski definition) is 1. The molecular formula is C14H17BrN2O2. The van der Waals surface area contributed by atoms with Crippen LogP contribution in [0.25, 0.3) is 0 Å². The van der Waals surface area contributed by atoms with Crippen molar-refractivity contribution in [2.45, 2.75) is 25.6 Å². The molecule has 0 saturated carbocycles. The molecule has 1 heterocycles. The molecule has 1 saturated heterocycles. The quantitative estimate of drug-likeness (QED) is 0.928. The van der Waals surface area contributed by atoms with E-state index in [2.05, 4.69) is 27.3 Å². The van der Waals surface area contributed by atoms with Gasteiger partial charge in [-0.3, -0.25) is 0 Å². The molecule has 19 heavy (non-hydrogen) atoms. The first-order valence-electron chi connectivity index (χ1n) is 6.21. The second-order valence-electron chi connectivity index (χ2n) is 5.19. The third-order valence-corrected chi connectivity index (χ3v) is 3.39. The molecule has 1 fully saturated rings. The molecule has 102 valence electrons. The molecule has 5 heteroatoms. The number of rotatable bonds is 3. The first-order chi connectivity index (χ1) is 9.00. The van der Waals surface area contributed by atoms with E-state index in [1.165, 1.54) is 0 Å². The average molecular weight is 325 g/mol. The van der Waals surface area contributed by atoms with Crippen LogP contribution in [0.15, 0.2) is 22.7 Å². The van der Waals surface area contributed by atoms with E-state index in [0.717, 1.165) is 17.6 Å². The zero-order valence-electron chi connectivity index (χ0n) is 11.1. The lowest BCUT2D eigenvalue weighted by Crippen LogP contribution is -2.52. The van der Waals surface area contributed by atoms with Gasteiger partial charge in [0, 0.05) is 17.6 Å². The molecule has 0 amide bonds. The lowest BCUT2D eigenvalue weighted by Gasteiger charge is -2.36. The lowest BCUT2D eigenvalue weighted by molar-refractivity contribution is -0.107. The Morgan fingerprint density at radius 3 is 3.05 bits per heavy atom. The van der Waals surface area contributed by atoms with E-state index in [9.17, 15) is 0 Å². The molecule has 0 spiro atoms. The molecule has 1 atom stereocenters.